The van der Waals surface area contributed by atoms with Gasteiger partial charge in [0.15, 0.2) is 17.3 Å². The van der Waals surface area contributed by atoms with Gasteiger partial charge >= 0.3 is 0 Å². The molecule has 1 aliphatic rings. The highest BCUT2D eigenvalue weighted by molar-refractivity contribution is 6.32. The van der Waals surface area contributed by atoms with Crippen LogP contribution in [0.1, 0.15) is 49.1 Å². The lowest BCUT2D eigenvalue weighted by Gasteiger charge is -2.20. The summed E-state index contributed by atoms with van der Waals surface area (Å²) in [6.07, 6.45) is 0. The quantitative estimate of drug-likeness (QED) is 0.540. The lowest BCUT2D eigenvalue weighted by molar-refractivity contribution is 0.0968. The first-order valence-corrected chi connectivity index (χ1v) is 6.14. The summed E-state index contributed by atoms with van der Waals surface area (Å²) in [4.78, 5) is 36.8. The Labute approximate surface area is 115 Å². The van der Waals surface area contributed by atoms with Crippen LogP contribution < -0.4 is 5.73 Å². The van der Waals surface area contributed by atoms with E-state index in [0.29, 0.717) is 11.1 Å². The van der Waals surface area contributed by atoms with Crippen LogP contribution in [0, 0.1) is 0 Å². The minimum Gasteiger partial charge on any atom is -0.398 e. The molecule has 0 spiro atoms. The number of hydrogen-bond acceptors (Lipinski definition) is 4. The van der Waals surface area contributed by atoms with E-state index in [0.717, 1.165) is 0 Å². The third kappa shape index (κ3) is 1.51. The second-order valence-corrected chi connectivity index (χ2v) is 4.71. The fraction of sp³-hybridized carbons (Fsp3) is 0.0625. The number of benzene rings is 2. The van der Waals surface area contributed by atoms with Gasteiger partial charge in [0.2, 0.25) is 0 Å². The average Bonchev–Trinajstić information content (AvgIpc) is 2.44. The van der Waals surface area contributed by atoms with Gasteiger partial charge in [0.05, 0.1) is 5.56 Å². The molecular formula is C16H11NO3. The Hall–Kier alpha value is -2.75. The van der Waals surface area contributed by atoms with E-state index >= 15 is 0 Å². The van der Waals surface area contributed by atoms with Gasteiger partial charge in [0.1, 0.15) is 0 Å². The first-order valence-electron chi connectivity index (χ1n) is 6.14. The molecule has 4 nitrogen and oxygen atoms in total. The number of nitrogens with two attached hydrogens (primary N) is 1. The molecule has 0 unspecified atom stereocenters. The molecule has 0 amide bonds. The molecule has 2 N–H and O–H groups in total. The normalized spacial score (nSPS) is 12.8. The van der Waals surface area contributed by atoms with Crippen LogP contribution in [0.15, 0.2) is 36.4 Å². The zero-order chi connectivity index (χ0) is 14.4. The monoisotopic (exact) mass is 265 g/mol. The highest BCUT2D eigenvalue weighted by atomic mass is 16.1. The van der Waals surface area contributed by atoms with E-state index in [1.807, 2.05) is 0 Å². The molecule has 0 heterocycles. The minimum atomic E-state index is -0.326. The maximum absolute atomic E-state index is 12.6. The van der Waals surface area contributed by atoms with E-state index in [1.54, 1.807) is 24.3 Å². The van der Waals surface area contributed by atoms with Crippen molar-refractivity contribution >= 4 is 23.0 Å². The summed E-state index contributed by atoms with van der Waals surface area (Å²) >= 11 is 0. The van der Waals surface area contributed by atoms with Gasteiger partial charge in [-0.2, -0.15) is 0 Å². The first-order chi connectivity index (χ1) is 9.52. The third-order valence-corrected chi connectivity index (χ3v) is 3.49. The zero-order valence-corrected chi connectivity index (χ0v) is 10.8. The molecule has 1 aliphatic carbocycles. The molecule has 20 heavy (non-hydrogen) atoms. The zero-order valence-electron chi connectivity index (χ0n) is 10.8. The lowest BCUT2D eigenvalue weighted by Crippen LogP contribution is -2.24. The molecule has 0 saturated carbocycles. The standard InChI is InChI=1S/C16H11NO3/c1-8(18)9-6-7-12(17)14-13(9)15(19)10-4-2-3-5-11(10)16(14)20/h2-7H,17H2,1H3. The summed E-state index contributed by atoms with van der Waals surface area (Å²) in [6, 6.07) is 9.56. The maximum Gasteiger partial charge on any atom is 0.196 e. The maximum atomic E-state index is 12.6. The molecule has 98 valence electrons. The number of carbonyl (C=O) groups excluding carboxylic acids is 3. The van der Waals surface area contributed by atoms with Crippen LogP contribution in [0.3, 0.4) is 0 Å². The van der Waals surface area contributed by atoms with Crippen molar-refractivity contribution in [1.82, 2.24) is 0 Å². The van der Waals surface area contributed by atoms with Crippen LogP contribution in [-0.4, -0.2) is 17.3 Å². The fourth-order valence-electron chi connectivity index (χ4n) is 2.54. The summed E-state index contributed by atoms with van der Waals surface area (Å²) < 4.78 is 0. The van der Waals surface area contributed by atoms with Gasteiger partial charge in [0, 0.05) is 27.9 Å². The molecule has 0 aliphatic heterocycles. The Balaban J connectivity index is 2.41. The topological polar surface area (TPSA) is 77.2 Å². The highest BCUT2D eigenvalue weighted by Gasteiger charge is 2.33. The number of nitrogen functional groups attached to an aromatic ring is 1. The Bertz CT molecular complexity index is 790. The van der Waals surface area contributed by atoms with E-state index in [2.05, 4.69) is 0 Å². The van der Waals surface area contributed by atoms with Crippen LogP contribution in [0.5, 0.6) is 0 Å². The van der Waals surface area contributed by atoms with Crippen molar-refractivity contribution in [3.63, 3.8) is 0 Å². The SMILES string of the molecule is CC(=O)c1ccc(N)c2c1C(=O)c1ccccc1C2=O. The number of carbonyl (C=O) groups is 3. The van der Waals surface area contributed by atoms with Crippen molar-refractivity contribution < 1.29 is 14.4 Å². The number of rotatable bonds is 1. The van der Waals surface area contributed by atoms with Crippen molar-refractivity contribution in [3.05, 3.63) is 64.2 Å². The van der Waals surface area contributed by atoms with Crippen molar-refractivity contribution in [2.45, 2.75) is 6.92 Å². The molecule has 0 radical (unpaired) electrons. The van der Waals surface area contributed by atoms with Crippen LogP contribution in [-0.2, 0) is 0 Å². The van der Waals surface area contributed by atoms with Crippen molar-refractivity contribution in [2.75, 3.05) is 5.73 Å². The van der Waals surface area contributed by atoms with E-state index in [1.165, 1.54) is 19.1 Å². The van der Waals surface area contributed by atoms with Gasteiger partial charge in [-0.05, 0) is 19.1 Å². The molecule has 0 saturated heterocycles. The van der Waals surface area contributed by atoms with Crippen LogP contribution in [0.2, 0.25) is 0 Å². The second-order valence-electron chi connectivity index (χ2n) is 4.71. The largest absolute Gasteiger partial charge is 0.398 e. The number of hydrogen-bond donors (Lipinski definition) is 1. The van der Waals surface area contributed by atoms with Gasteiger partial charge in [-0.3, -0.25) is 14.4 Å². The molecule has 2 aromatic carbocycles. The third-order valence-electron chi connectivity index (χ3n) is 3.49. The summed E-state index contributed by atoms with van der Waals surface area (Å²) in [5.74, 6) is -0.898. The van der Waals surface area contributed by atoms with Crippen molar-refractivity contribution in [1.29, 1.82) is 0 Å². The molecule has 2 aromatic rings. The molecule has 0 atom stereocenters. The van der Waals surface area contributed by atoms with E-state index < -0.39 is 0 Å². The van der Waals surface area contributed by atoms with Gasteiger partial charge < -0.3 is 5.73 Å². The minimum absolute atomic E-state index is 0.126. The Morgan fingerprint density at radius 1 is 0.900 bits per heavy atom. The van der Waals surface area contributed by atoms with Gasteiger partial charge in [-0.15, -0.1) is 0 Å². The summed E-state index contributed by atoms with van der Waals surface area (Å²) in [5.41, 5.74) is 7.21. The summed E-state index contributed by atoms with van der Waals surface area (Å²) in [6.45, 7) is 1.37. The molecule has 3 rings (SSSR count). The highest BCUT2D eigenvalue weighted by Crippen LogP contribution is 2.33. The first kappa shape index (κ1) is 12.3. The smallest absolute Gasteiger partial charge is 0.196 e. The van der Waals surface area contributed by atoms with Gasteiger partial charge in [0.25, 0.3) is 0 Å². The number of anilines is 1. The molecule has 0 fully saturated rings. The predicted octanol–water partition coefficient (Wildman–Crippen LogP) is 2.25. The average molecular weight is 265 g/mol. The van der Waals surface area contributed by atoms with E-state index in [4.69, 9.17) is 5.73 Å². The molecule has 4 heteroatoms. The molecule has 0 bridgehead atoms. The number of fused-ring (bicyclic) bond motifs is 2. The second kappa shape index (κ2) is 4.13. The Kier molecular flexibility index (Phi) is 2.54. The molecule has 0 aromatic heterocycles. The summed E-state index contributed by atoms with van der Waals surface area (Å²) in [7, 11) is 0. The van der Waals surface area contributed by atoms with Gasteiger partial charge in [-0.25, -0.2) is 0 Å². The fourth-order valence-corrected chi connectivity index (χ4v) is 2.54. The molecular weight excluding hydrogens is 254 g/mol. The van der Waals surface area contributed by atoms with Crippen molar-refractivity contribution in [2.24, 2.45) is 0 Å². The van der Waals surface area contributed by atoms with Crippen LogP contribution in [0.25, 0.3) is 0 Å². The van der Waals surface area contributed by atoms with E-state index in [-0.39, 0.29) is 39.7 Å². The predicted molar refractivity (Wildman–Crippen MR) is 74.2 cm³/mol. The van der Waals surface area contributed by atoms with Crippen molar-refractivity contribution in [3.8, 4) is 0 Å². The lowest BCUT2D eigenvalue weighted by atomic mass is 9.80. The number of Topliss-reactive ketones (excluding diaryl/α,β-unsaturated/α-hetero) is 1. The summed E-state index contributed by atoms with van der Waals surface area (Å²) in [5, 5.41) is 0. The van der Waals surface area contributed by atoms with Crippen LogP contribution in [0.4, 0.5) is 5.69 Å². The van der Waals surface area contributed by atoms with Gasteiger partial charge in [-0.1, -0.05) is 24.3 Å². The van der Waals surface area contributed by atoms with E-state index in [9.17, 15) is 14.4 Å². The Morgan fingerprint density at radius 2 is 1.45 bits per heavy atom. The Morgan fingerprint density at radius 3 is 2.00 bits per heavy atom. The van der Waals surface area contributed by atoms with Crippen LogP contribution >= 0.6 is 0 Å². The number of ketones is 3.